The van der Waals surface area contributed by atoms with Crippen LogP contribution in [0.2, 0.25) is 0 Å². The molecule has 0 fully saturated rings. The average molecular weight is 327 g/mol. The summed E-state index contributed by atoms with van der Waals surface area (Å²) >= 11 is 0. The molecule has 0 aliphatic rings. The lowest BCUT2D eigenvalue weighted by molar-refractivity contribution is -0.138. The van der Waals surface area contributed by atoms with E-state index in [9.17, 15) is 14.7 Å². The normalized spacial score (nSPS) is 11.5. The van der Waals surface area contributed by atoms with Gasteiger partial charge in [0.15, 0.2) is 0 Å². The number of aliphatic carboxylic acids is 1. The van der Waals surface area contributed by atoms with E-state index in [1.54, 1.807) is 24.3 Å². The van der Waals surface area contributed by atoms with Crippen LogP contribution < -0.4 is 10.1 Å². The molecular formula is C19H21NO4. The van der Waals surface area contributed by atoms with Crippen molar-refractivity contribution < 1.29 is 19.4 Å². The van der Waals surface area contributed by atoms with E-state index in [2.05, 4.69) is 5.32 Å². The van der Waals surface area contributed by atoms with Gasteiger partial charge in [0.2, 0.25) is 5.91 Å². The van der Waals surface area contributed by atoms with Gasteiger partial charge in [-0.05, 0) is 30.2 Å². The van der Waals surface area contributed by atoms with E-state index in [0.717, 1.165) is 11.3 Å². The molecule has 0 heterocycles. The summed E-state index contributed by atoms with van der Waals surface area (Å²) in [5, 5.41) is 12.0. The Labute approximate surface area is 141 Å². The molecule has 24 heavy (non-hydrogen) atoms. The molecule has 0 radical (unpaired) electrons. The standard InChI is InChI=1S/C19H21NO4/c1-2-24-16-10-8-14(9-11-16)12-18(21)20-13-17(19(22)23)15-6-4-3-5-7-15/h3-11,17H,2,12-13H2,1H3,(H,20,21)(H,22,23)/t17-/m0/s1. The molecule has 0 aromatic heterocycles. The molecule has 2 aromatic carbocycles. The Morgan fingerprint density at radius 3 is 2.33 bits per heavy atom. The molecule has 0 saturated carbocycles. The van der Waals surface area contributed by atoms with E-state index >= 15 is 0 Å². The van der Waals surface area contributed by atoms with Gasteiger partial charge in [0.1, 0.15) is 5.75 Å². The van der Waals surface area contributed by atoms with E-state index in [-0.39, 0.29) is 18.9 Å². The third-order valence-corrected chi connectivity index (χ3v) is 3.60. The van der Waals surface area contributed by atoms with Crippen LogP contribution in [0, 0.1) is 0 Å². The predicted molar refractivity (Wildman–Crippen MR) is 91.1 cm³/mol. The van der Waals surface area contributed by atoms with Crippen molar-refractivity contribution in [3.63, 3.8) is 0 Å². The van der Waals surface area contributed by atoms with Gasteiger partial charge in [0, 0.05) is 6.54 Å². The zero-order valence-electron chi connectivity index (χ0n) is 13.6. The number of hydrogen-bond acceptors (Lipinski definition) is 3. The summed E-state index contributed by atoms with van der Waals surface area (Å²) in [6.07, 6.45) is 0.202. The number of carbonyl (C=O) groups excluding carboxylic acids is 1. The Morgan fingerprint density at radius 2 is 1.75 bits per heavy atom. The molecular weight excluding hydrogens is 306 g/mol. The van der Waals surface area contributed by atoms with Crippen molar-refractivity contribution in [2.45, 2.75) is 19.3 Å². The van der Waals surface area contributed by atoms with Crippen LogP contribution in [0.1, 0.15) is 24.0 Å². The maximum Gasteiger partial charge on any atom is 0.312 e. The van der Waals surface area contributed by atoms with Crippen LogP contribution >= 0.6 is 0 Å². The van der Waals surface area contributed by atoms with Gasteiger partial charge >= 0.3 is 5.97 Å². The maximum atomic E-state index is 12.0. The minimum Gasteiger partial charge on any atom is -0.494 e. The van der Waals surface area contributed by atoms with Crippen molar-refractivity contribution in [1.29, 1.82) is 0 Å². The Balaban J connectivity index is 1.90. The summed E-state index contributed by atoms with van der Waals surface area (Å²) in [5.41, 5.74) is 1.52. The fourth-order valence-corrected chi connectivity index (χ4v) is 2.37. The zero-order valence-corrected chi connectivity index (χ0v) is 13.6. The molecule has 1 amide bonds. The van der Waals surface area contributed by atoms with Crippen LogP contribution in [-0.2, 0) is 16.0 Å². The highest BCUT2D eigenvalue weighted by atomic mass is 16.5. The third kappa shape index (κ3) is 5.12. The van der Waals surface area contributed by atoms with Crippen LogP contribution in [0.15, 0.2) is 54.6 Å². The number of carboxylic acids is 1. The second-order valence-electron chi connectivity index (χ2n) is 5.36. The van der Waals surface area contributed by atoms with Crippen LogP contribution in [-0.4, -0.2) is 30.1 Å². The Morgan fingerprint density at radius 1 is 1.08 bits per heavy atom. The van der Waals surface area contributed by atoms with Crippen molar-refractivity contribution >= 4 is 11.9 Å². The number of amides is 1. The van der Waals surface area contributed by atoms with Crippen molar-refractivity contribution in [3.05, 3.63) is 65.7 Å². The first-order valence-corrected chi connectivity index (χ1v) is 7.86. The van der Waals surface area contributed by atoms with E-state index in [0.29, 0.717) is 12.2 Å². The average Bonchev–Trinajstić information content (AvgIpc) is 2.58. The number of benzene rings is 2. The first-order valence-electron chi connectivity index (χ1n) is 7.86. The summed E-state index contributed by atoms with van der Waals surface area (Å²) in [4.78, 5) is 23.5. The molecule has 0 aliphatic heterocycles. The van der Waals surface area contributed by atoms with Gasteiger partial charge in [-0.25, -0.2) is 0 Å². The first kappa shape index (κ1) is 17.5. The summed E-state index contributed by atoms with van der Waals surface area (Å²) in [7, 11) is 0. The SMILES string of the molecule is CCOc1ccc(CC(=O)NC[C@H](C(=O)O)c2ccccc2)cc1. The van der Waals surface area contributed by atoms with Crippen LogP contribution in [0.5, 0.6) is 5.75 Å². The molecule has 0 aliphatic carbocycles. The molecule has 2 rings (SSSR count). The molecule has 0 bridgehead atoms. The van der Waals surface area contributed by atoms with E-state index in [1.165, 1.54) is 0 Å². The summed E-state index contributed by atoms with van der Waals surface area (Å²) in [5.74, 6) is -1.16. The quantitative estimate of drug-likeness (QED) is 0.781. The first-order chi connectivity index (χ1) is 11.6. The van der Waals surface area contributed by atoms with Crippen molar-refractivity contribution in [2.24, 2.45) is 0 Å². The van der Waals surface area contributed by atoms with Gasteiger partial charge in [0.25, 0.3) is 0 Å². The molecule has 1 atom stereocenters. The third-order valence-electron chi connectivity index (χ3n) is 3.60. The molecule has 5 nitrogen and oxygen atoms in total. The predicted octanol–water partition coefficient (Wildman–Crippen LogP) is 2.61. The number of ether oxygens (including phenoxy) is 1. The topological polar surface area (TPSA) is 75.6 Å². The largest absolute Gasteiger partial charge is 0.494 e. The second kappa shape index (κ2) is 8.72. The highest BCUT2D eigenvalue weighted by Gasteiger charge is 2.20. The number of hydrogen-bond donors (Lipinski definition) is 2. The number of nitrogens with one attached hydrogen (secondary N) is 1. The lowest BCUT2D eigenvalue weighted by Gasteiger charge is -2.14. The summed E-state index contributed by atoms with van der Waals surface area (Å²) < 4.78 is 5.35. The minimum atomic E-state index is -0.956. The van der Waals surface area contributed by atoms with Crippen LogP contribution in [0.25, 0.3) is 0 Å². The van der Waals surface area contributed by atoms with Gasteiger partial charge in [-0.15, -0.1) is 0 Å². The number of carbonyl (C=O) groups is 2. The maximum absolute atomic E-state index is 12.0. The zero-order chi connectivity index (χ0) is 17.4. The molecule has 2 aromatic rings. The Bertz CT molecular complexity index is 668. The lowest BCUT2D eigenvalue weighted by atomic mass is 9.99. The van der Waals surface area contributed by atoms with Crippen LogP contribution in [0.3, 0.4) is 0 Å². The summed E-state index contributed by atoms with van der Waals surface area (Å²) in [6, 6.07) is 16.2. The van der Waals surface area contributed by atoms with Gasteiger partial charge in [-0.1, -0.05) is 42.5 Å². The van der Waals surface area contributed by atoms with Crippen molar-refractivity contribution in [2.75, 3.05) is 13.2 Å². The summed E-state index contributed by atoms with van der Waals surface area (Å²) in [6.45, 7) is 2.57. The van der Waals surface area contributed by atoms with Gasteiger partial charge in [-0.3, -0.25) is 9.59 Å². The van der Waals surface area contributed by atoms with E-state index in [1.807, 2.05) is 37.3 Å². The van der Waals surface area contributed by atoms with Gasteiger partial charge in [-0.2, -0.15) is 0 Å². The van der Waals surface area contributed by atoms with E-state index < -0.39 is 11.9 Å². The molecule has 0 spiro atoms. The van der Waals surface area contributed by atoms with Gasteiger partial charge in [0.05, 0.1) is 18.9 Å². The number of carboxylic acid groups (broad SMARTS) is 1. The Kier molecular flexibility index (Phi) is 6.37. The second-order valence-corrected chi connectivity index (χ2v) is 5.36. The molecule has 0 unspecified atom stereocenters. The van der Waals surface area contributed by atoms with E-state index in [4.69, 9.17) is 4.74 Å². The van der Waals surface area contributed by atoms with Gasteiger partial charge < -0.3 is 15.2 Å². The highest BCUT2D eigenvalue weighted by Crippen LogP contribution is 2.15. The van der Waals surface area contributed by atoms with Crippen molar-refractivity contribution in [3.8, 4) is 5.75 Å². The molecule has 5 heteroatoms. The molecule has 0 saturated heterocycles. The fourth-order valence-electron chi connectivity index (χ4n) is 2.37. The highest BCUT2D eigenvalue weighted by molar-refractivity contribution is 5.81. The monoisotopic (exact) mass is 327 g/mol. The Hall–Kier alpha value is -2.82. The molecule has 2 N–H and O–H groups in total. The lowest BCUT2D eigenvalue weighted by Crippen LogP contribution is -2.32. The molecule has 126 valence electrons. The number of rotatable bonds is 8. The minimum absolute atomic E-state index is 0.0647. The fraction of sp³-hybridized carbons (Fsp3) is 0.263. The smallest absolute Gasteiger partial charge is 0.312 e. The van der Waals surface area contributed by atoms with Crippen LogP contribution in [0.4, 0.5) is 0 Å². The van der Waals surface area contributed by atoms with Crippen molar-refractivity contribution in [1.82, 2.24) is 5.32 Å².